The fraction of sp³-hybridized carbons (Fsp3) is 0.294. The molecule has 0 spiro atoms. The highest BCUT2D eigenvalue weighted by atomic mass is 19.1. The average Bonchev–Trinajstić information content (AvgIpc) is 3.21. The summed E-state index contributed by atoms with van der Waals surface area (Å²) in [6.07, 6.45) is 4.04. The molecule has 126 valence electrons. The van der Waals surface area contributed by atoms with E-state index in [9.17, 15) is 9.18 Å². The first kappa shape index (κ1) is 16.5. The van der Waals surface area contributed by atoms with Gasteiger partial charge in [-0.15, -0.1) is 0 Å². The Morgan fingerprint density at radius 1 is 1.44 bits per heavy atom. The Kier molecular flexibility index (Phi) is 4.36. The summed E-state index contributed by atoms with van der Waals surface area (Å²) in [6, 6.07) is 5.51. The quantitative estimate of drug-likeness (QED) is 0.858. The molecule has 2 atom stereocenters. The van der Waals surface area contributed by atoms with Crippen LogP contribution in [0.2, 0.25) is 0 Å². The minimum Gasteiger partial charge on any atom is -0.432 e. The maximum Gasteiger partial charge on any atom is 0.307 e. The molecule has 8 heteroatoms. The van der Waals surface area contributed by atoms with Gasteiger partial charge in [-0.1, -0.05) is 0 Å². The minimum atomic E-state index is -0.576. The SMILES string of the molecule is C[C@@H]1CC(NC(=O)c2ncc(-c3cc(F)cc(C#N)c3)o2)CN1C#N. The molecule has 7 nitrogen and oxygen atoms in total. The third-order valence-electron chi connectivity index (χ3n) is 4.05. The van der Waals surface area contributed by atoms with Gasteiger partial charge in [-0.3, -0.25) is 4.79 Å². The van der Waals surface area contributed by atoms with E-state index in [2.05, 4.69) is 16.5 Å². The normalized spacial score (nSPS) is 19.3. The van der Waals surface area contributed by atoms with Crippen molar-refractivity contribution in [2.45, 2.75) is 25.4 Å². The molecule has 1 aromatic heterocycles. The molecule has 0 radical (unpaired) electrons. The maximum absolute atomic E-state index is 13.5. The lowest BCUT2D eigenvalue weighted by Gasteiger charge is -2.11. The van der Waals surface area contributed by atoms with Gasteiger partial charge in [0.2, 0.25) is 0 Å². The summed E-state index contributed by atoms with van der Waals surface area (Å²) in [7, 11) is 0. The Morgan fingerprint density at radius 3 is 2.92 bits per heavy atom. The number of hydrogen-bond acceptors (Lipinski definition) is 6. The topological polar surface area (TPSA) is 106 Å². The van der Waals surface area contributed by atoms with E-state index in [-0.39, 0.29) is 29.3 Å². The predicted molar refractivity (Wildman–Crippen MR) is 84.3 cm³/mol. The van der Waals surface area contributed by atoms with Crippen LogP contribution in [0.4, 0.5) is 4.39 Å². The van der Waals surface area contributed by atoms with Crippen molar-refractivity contribution in [2.24, 2.45) is 0 Å². The van der Waals surface area contributed by atoms with E-state index < -0.39 is 11.7 Å². The van der Waals surface area contributed by atoms with Crippen LogP contribution in [-0.2, 0) is 0 Å². The molecule has 2 aromatic rings. The standard InChI is InChI=1S/C17H14FN5O2/c1-10-2-14(8-23(10)9-20)22-16(24)17-21-7-15(25-17)12-3-11(6-19)4-13(18)5-12/h3-5,7,10,14H,2,8H2,1H3,(H,22,24)/t10-,14?/m1/s1. The summed E-state index contributed by atoms with van der Waals surface area (Å²) < 4.78 is 18.9. The zero-order chi connectivity index (χ0) is 18.0. The molecule has 1 unspecified atom stereocenters. The third-order valence-corrected chi connectivity index (χ3v) is 4.05. The number of likely N-dealkylation sites (tertiary alicyclic amines) is 1. The second-order valence-corrected chi connectivity index (χ2v) is 5.88. The Labute approximate surface area is 143 Å². The summed E-state index contributed by atoms with van der Waals surface area (Å²) in [4.78, 5) is 17.8. The molecule has 0 saturated carbocycles. The number of oxazole rings is 1. The molecular weight excluding hydrogens is 325 g/mol. The number of carbonyl (C=O) groups is 1. The van der Waals surface area contributed by atoms with Crippen LogP contribution in [0.15, 0.2) is 28.8 Å². The zero-order valence-electron chi connectivity index (χ0n) is 13.4. The monoisotopic (exact) mass is 339 g/mol. The van der Waals surface area contributed by atoms with E-state index in [1.807, 2.05) is 13.0 Å². The number of nitriles is 2. The van der Waals surface area contributed by atoms with E-state index >= 15 is 0 Å². The molecule has 1 amide bonds. The lowest BCUT2D eigenvalue weighted by Crippen LogP contribution is -2.36. The van der Waals surface area contributed by atoms with Crippen molar-refractivity contribution in [3.05, 3.63) is 41.7 Å². The number of nitrogens with one attached hydrogen (secondary N) is 1. The van der Waals surface area contributed by atoms with Gasteiger partial charge in [0.05, 0.1) is 17.8 Å². The van der Waals surface area contributed by atoms with Crippen LogP contribution in [0.25, 0.3) is 11.3 Å². The van der Waals surface area contributed by atoms with Gasteiger partial charge >= 0.3 is 5.91 Å². The molecule has 1 aliphatic rings. The fourth-order valence-corrected chi connectivity index (χ4v) is 2.83. The van der Waals surface area contributed by atoms with E-state index in [0.717, 1.165) is 6.07 Å². The molecule has 1 fully saturated rings. The van der Waals surface area contributed by atoms with Crippen LogP contribution in [0.5, 0.6) is 0 Å². The first-order valence-electron chi connectivity index (χ1n) is 7.64. The summed E-state index contributed by atoms with van der Waals surface area (Å²) in [5, 5.41) is 20.6. The summed E-state index contributed by atoms with van der Waals surface area (Å²) in [5.74, 6) is -1.03. The van der Waals surface area contributed by atoms with Gasteiger partial charge in [-0.05, 0) is 31.5 Å². The first-order valence-corrected chi connectivity index (χ1v) is 7.64. The van der Waals surface area contributed by atoms with Gasteiger partial charge in [-0.25, -0.2) is 9.37 Å². The van der Waals surface area contributed by atoms with Gasteiger partial charge in [0.1, 0.15) is 5.82 Å². The molecule has 0 bridgehead atoms. The van der Waals surface area contributed by atoms with Crippen molar-refractivity contribution in [1.29, 1.82) is 10.5 Å². The van der Waals surface area contributed by atoms with Crippen LogP contribution in [0.3, 0.4) is 0 Å². The third kappa shape index (κ3) is 3.43. The average molecular weight is 339 g/mol. The van der Waals surface area contributed by atoms with E-state index in [4.69, 9.17) is 14.9 Å². The number of benzene rings is 1. The second-order valence-electron chi connectivity index (χ2n) is 5.88. The molecular formula is C17H14FN5O2. The number of amides is 1. The number of aromatic nitrogens is 1. The van der Waals surface area contributed by atoms with Crippen molar-refractivity contribution < 1.29 is 13.6 Å². The molecule has 25 heavy (non-hydrogen) atoms. The van der Waals surface area contributed by atoms with E-state index in [1.165, 1.54) is 18.3 Å². The summed E-state index contributed by atoms with van der Waals surface area (Å²) >= 11 is 0. The van der Waals surface area contributed by atoms with E-state index in [1.54, 1.807) is 4.90 Å². The highest BCUT2D eigenvalue weighted by Crippen LogP contribution is 2.23. The molecule has 0 aliphatic carbocycles. The van der Waals surface area contributed by atoms with Crippen molar-refractivity contribution in [3.8, 4) is 23.6 Å². The minimum absolute atomic E-state index is 0.0621. The molecule has 1 N–H and O–H groups in total. The van der Waals surface area contributed by atoms with Gasteiger partial charge < -0.3 is 14.6 Å². The number of halogens is 1. The van der Waals surface area contributed by atoms with Gasteiger partial charge in [0.25, 0.3) is 5.89 Å². The lowest BCUT2D eigenvalue weighted by molar-refractivity contribution is 0.0904. The van der Waals surface area contributed by atoms with Crippen molar-refractivity contribution >= 4 is 5.91 Å². The highest BCUT2D eigenvalue weighted by molar-refractivity contribution is 5.90. The zero-order valence-corrected chi connectivity index (χ0v) is 13.4. The van der Waals surface area contributed by atoms with Crippen LogP contribution >= 0.6 is 0 Å². The molecule has 3 rings (SSSR count). The second kappa shape index (κ2) is 6.62. The predicted octanol–water partition coefficient (Wildman–Crippen LogP) is 2.03. The molecule has 1 aromatic carbocycles. The lowest BCUT2D eigenvalue weighted by atomic mass is 10.1. The molecule has 2 heterocycles. The van der Waals surface area contributed by atoms with E-state index in [0.29, 0.717) is 18.5 Å². The smallest absolute Gasteiger partial charge is 0.307 e. The maximum atomic E-state index is 13.5. The number of hydrogen-bond donors (Lipinski definition) is 1. The van der Waals surface area contributed by atoms with Crippen molar-refractivity contribution in [2.75, 3.05) is 6.54 Å². The van der Waals surface area contributed by atoms with Crippen LogP contribution in [-0.4, -0.2) is 34.4 Å². The van der Waals surface area contributed by atoms with Crippen LogP contribution < -0.4 is 5.32 Å². The largest absolute Gasteiger partial charge is 0.432 e. The number of rotatable bonds is 3. The molecule has 1 saturated heterocycles. The summed E-state index contributed by atoms with van der Waals surface area (Å²) in [6.45, 7) is 2.35. The Balaban J connectivity index is 1.74. The van der Waals surface area contributed by atoms with Gasteiger partial charge in [-0.2, -0.15) is 10.5 Å². The van der Waals surface area contributed by atoms with Crippen molar-refractivity contribution in [3.63, 3.8) is 0 Å². The Hall–Kier alpha value is -3.39. The van der Waals surface area contributed by atoms with Crippen LogP contribution in [0, 0.1) is 28.6 Å². The Bertz CT molecular complexity index is 895. The van der Waals surface area contributed by atoms with Crippen LogP contribution in [0.1, 0.15) is 29.6 Å². The van der Waals surface area contributed by atoms with Gasteiger partial charge in [0, 0.05) is 24.2 Å². The molecule has 1 aliphatic heterocycles. The Morgan fingerprint density at radius 2 is 2.24 bits per heavy atom. The van der Waals surface area contributed by atoms with Crippen molar-refractivity contribution in [1.82, 2.24) is 15.2 Å². The number of nitrogens with zero attached hydrogens (tertiary/aromatic N) is 4. The summed E-state index contributed by atoms with van der Waals surface area (Å²) in [5.41, 5.74) is 0.474. The fourth-order valence-electron chi connectivity index (χ4n) is 2.83. The highest BCUT2D eigenvalue weighted by Gasteiger charge is 2.30. The first-order chi connectivity index (χ1) is 12.0. The van der Waals surface area contributed by atoms with Gasteiger partial charge in [0.15, 0.2) is 12.0 Å². The number of carbonyl (C=O) groups excluding carboxylic acids is 1.